The van der Waals surface area contributed by atoms with Gasteiger partial charge in [0.25, 0.3) is 0 Å². The summed E-state index contributed by atoms with van der Waals surface area (Å²) in [6.07, 6.45) is 0. The number of aromatic nitrogens is 2. The monoisotopic (exact) mass is 412 g/mol. The lowest BCUT2D eigenvalue weighted by molar-refractivity contribution is -0.0328. The van der Waals surface area contributed by atoms with Crippen molar-refractivity contribution in [2.45, 2.75) is 30.2 Å². The molecule has 0 unspecified atom stereocenters. The highest BCUT2D eigenvalue weighted by molar-refractivity contribution is 8.00. The molecule has 3 aromatic rings. The average Bonchev–Trinajstić information content (AvgIpc) is 2.89. The van der Waals surface area contributed by atoms with Crippen molar-refractivity contribution in [3.05, 3.63) is 74.2 Å². The summed E-state index contributed by atoms with van der Waals surface area (Å²) in [6.45, 7) is 4.08. The minimum absolute atomic E-state index is 0.00959. The lowest BCUT2D eigenvalue weighted by atomic mass is 10.0. The molecule has 0 radical (unpaired) electrons. The van der Waals surface area contributed by atoms with Crippen LogP contribution in [-0.4, -0.2) is 14.0 Å². The smallest absolute Gasteiger partial charge is 0.255 e. The van der Waals surface area contributed by atoms with Crippen molar-refractivity contribution < 1.29 is 13.2 Å². The number of benzene rings is 2. The Bertz CT molecular complexity index is 1050. The fourth-order valence-corrected chi connectivity index (χ4v) is 3.85. The minimum atomic E-state index is -4.38. The molecule has 27 heavy (non-hydrogen) atoms. The van der Waals surface area contributed by atoms with Gasteiger partial charge >= 0.3 is 16.1 Å². The standard InChI is InChI=1S/C18H15F3N2O2S2/c1-11(2)12-3-5-13(6-4-12)22-16(24)23(27-17(22)25)14-7-9-15(10-8-14)26-18(19,20)21/h3-11H,1-2H3. The fraction of sp³-hybridized carbons (Fsp3) is 0.222. The van der Waals surface area contributed by atoms with Crippen LogP contribution in [0.5, 0.6) is 0 Å². The molecule has 142 valence electrons. The maximum atomic E-state index is 12.7. The second-order valence-electron chi connectivity index (χ2n) is 6.06. The van der Waals surface area contributed by atoms with E-state index in [0.29, 0.717) is 28.8 Å². The predicted molar refractivity (Wildman–Crippen MR) is 102 cm³/mol. The molecule has 4 nitrogen and oxygen atoms in total. The Balaban J connectivity index is 1.96. The zero-order chi connectivity index (χ0) is 19.8. The normalized spacial score (nSPS) is 11.9. The molecule has 0 aliphatic heterocycles. The van der Waals surface area contributed by atoms with Crippen LogP contribution < -0.4 is 10.6 Å². The molecule has 0 spiro atoms. The Morgan fingerprint density at radius 2 is 1.48 bits per heavy atom. The van der Waals surface area contributed by atoms with Gasteiger partial charge < -0.3 is 0 Å². The van der Waals surface area contributed by atoms with E-state index in [1.165, 1.54) is 28.2 Å². The van der Waals surface area contributed by atoms with Crippen LogP contribution >= 0.6 is 23.3 Å². The first kappa shape index (κ1) is 19.5. The van der Waals surface area contributed by atoms with Gasteiger partial charge in [-0.3, -0.25) is 4.79 Å². The molecule has 0 saturated carbocycles. The molecule has 0 fully saturated rings. The summed E-state index contributed by atoms with van der Waals surface area (Å²) in [5.74, 6) is 0.322. The van der Waals surface area contributed by atoms with Gasteiger partial charge in [0.1, 0.15) is 0 Å². The molecule has 1 aromatic heterocycles. The van der Waals surface area contributed by atoms with Crippen molar-refractivity contribution in [1.82, 2.24) is 8.52 Å². The summed E-state index contributed by atoms with van der Waals surface area (Å²) in [7, 11) is 0. The van der Waals surface area contributed by atoms with Crippen molar-refractivity contribution in [1.29, 1.82) is 0 Å². The predicted octanol–water partition coefficient (Wildman–Crippen LogP) is 4.79. The maximum absolute atomic E-state index is 12.7. The molecule has 9 heteroatoms. The Hall–Kier alpha value is -2.26. The van der Waals surface area contributed by atoms with E-state index < -0.39 is 16.1 Å². The van der Waals surface area contributed by atoms with E-state index in [1.807, 2.05) is 26.0 Å². The topological polar surface area (TPSA) is 44.0 Å². The lowest BCUT2D eigenvalue weighted by Gasteiger charge is -2.07. The SMILES string of the molecule is CC(C)c1ccc(-n2c(=O)sn(-c3ccc(SC(F)(F)F)cc3)c2=O)cc1. The van der Waals surface area contributed by atoms with Crippen molar-refractivity contribution in [2.24, 2.45) is 0 Å². The molecule has 0 N–H and O–H groups in total. The number of thioether (sulfide) groups is 1. The summed E-state index contributed by atoms with van der Waals surface area (Å²) >= 11 is 0.468. The van der Waals surface area contributed by atoms with Crippen LogP contribution in [-0.2, 0) is 0 Å². The van der Waals surface area contributed by atoms with Crippen LogP contribution in [0, 0.1) is 0 Å². The summed E-state index contributed by atoms with van der Waals surface area (Å²) in [5, 5.41) is 0. The molecule has 0 bridgehead atoms. The van der Waals surface area contributed by atoms with Crippen molar-refractivity contribution in [3.63, 3.8) is 0 Å². The van der Waals surface area contributed by atoms with Gasteiger partial charge in [-0.25, -0.2) is 13.3 Å². The summed E-state index contributed by atoms with van der Waals surface area (Å²) in [4.78, 5) is 24.5. The van der Waals surface area contributed by atoms with E-state index in [1.54, 1.807) is 12.1 Å². The summed E-state index contributed by atoms with van der Waals surface area (Å²) < 4.78 is 39.5. The molecule has 1 heterocycles. The Morgan fingerprint density at radius 1 is 0.926 bits per heavy atom. The average molecular weight is 412 g/mol. The number of hydrogen-bond acceptors (Lipinski definition) is 4. The first-order valence-electron chi connectivity index (χ1n) is 7.97. The Morgan fingerprint density at radius 3 is 2.00 bits per heavy atom. The van der Waals surface area contributed by atoms with Crippen LogP contribution in [0.15, 0.2) is 63.0 Å². The summed E-state index contributed by atoms with van der Waals surface area (Å²) in [5.41, 5.74) is -3.06. The first-order chi connectivity index (χ1) is 12.7. The van der Waals surface area contributed by atoms with E-state index in [2.05, 4.69) is 0 Å². The van der Waals surface area contributed by atoms with Gasteiger partial charge in [0, 0.05) is 16.4 Å². The Kier molecular flexibility index (Phi) is 5.34. The van der Waals surface area contributed by atoms with Crippen LogP contribution in [0.4, 0.5) is 13.2 Å². The number of nitrogens with zero attached hydrogens (tertiary/aromatic N) is 2. The molecule has 0 atom stereocenters. The van der Waals surface area contributed by atoms with Gasteiger partial charge in [0.15, 0.2) is 0 Å². The molecular weight excluding hydrogens is 397 g/mol. The molecule has 0 aliphatic rings. The van der Waals surface area contributed by atoms with Crippen molar-refractivity contribution in [2.75, 3.05) is 0 Å². The molecule has 0 amide bonds. The number of hydrogen-bond donors (Lipinski definition) is 0. The number of alkyl halides is 3. The zero-order valence-electron chi connectivity index (χ0n) is 14.4. The van der Waals surface area contributed by atoms with Gasteiger partial charge in [0.05, 0.1) is 11.4 Å². The molecule has 0 saturated heterocycles. The van der Waals surface area contributed by atoms with Crippen molar-refractivity contribution in [3.8, 4) is 11.4 Å². The largest absolute Gasteiger partial charge is 0.446 e. The highest BCUT2D eigenvalue weighted by Gasteiger charge is 2.29. The van der Waals surface area contributed by atoms with Gasteiger partial charge in [-0.05, 0) is 59.6 Å². The summed E-state index contributed by atoms with van der Waals surface area (Å²) in [6, 6.07) is 12.4. The van der Waals surface area contributed by atoms with Gasteiger partial charge in [0.2, 0.25) is 0 Å². The highest BCUT2D eigenvalue weighted by Crippen LogP contribution is 2.36. The third-order valence-corrected chi connectivity index (χ3v) is 5.47. The van der Waals surface area contributed by atoms with Crippen molar-refractivity contribution >= 4 is 23.3 Å². The zero-order valence-corrected chi connectivity index (χ0v) is 16.0. The van der Waals surface area contributed by atoms with Crippen LogP contribution in [0.1, 0.15) is 25.3 Å². The number of rotatable bonds is 4. The quantitative estimate of drug-likeness (QED) is 0.579. The third kappa shape index (κ3) is 4.36. The molecule has 3 rings (SSSR count). The third-order valence-electron chi connectivity index (χ3n) is 3.84. The van der Waals surface area contributed by atoms with E-state index in [-0.39, 0.29) is 16.7 Å². The van der Waals surface area contributed by atoms with E-state index in [9.17, 15) is 22.8 Å². The van der Waals surface area contributed by atoms with Gasteiger partial charge in [-0.2, -0.15) is 13.2 Å². The van der Waals surface area contributed by atoms with Crippen LogP contribution in [0.3, 0.4) is 0 Å². The lowest BCUT2D eigenvalue weighted by Crippen LogP contribution is -2.26. The first-order valence-corrected chi connectivity index (χ1v) is 9.56. The second kappa shape index (κ2) is 7.40. The van der Waals surface area contributed by atoms with E-state index in [4.69, 9.17) is 0 Å². The van der Waals surface area contributed by atoms with Gasteiger partial charge in [-0.15, -0.1) is 0 Å². The van der Waals surface area contributed by atoms with E-state index >= 15 is 0 Å². The fourth-order valence-electron chi connectivity index (χ4n) is 2.50. The molecule has 2 aromatic carbocycles. The minimum Gasteiger partial charge on any atom is -0.255 e. The molecule has 0 aliphatic carbocycles. The van der Waals surface area contributed by atoms with Crippen LogP contribution in [0.2, 0.25) is 0 Å². The number of halogens is 3. The Labute approximate surface area is 161 Å². The highest BCUT2D eigenvalue weighted by atomic mass is 32.2. The maximum Gasteiger partial charge on any atom is 0.446 e. The second-order valence-corrected chi connectivity index (χ2v) is 8.09. The molecular formula is C18H15F3N2O2S2. The van der Waals surface area contributed by atoms with Gasteiger partial charge in [-0.1, -0.05) is 26.0 Å². The van der Waals surface area contributed by atoms with E-state index in [0.717, 1.165) is 10.1 Å². The van der Waals surface area contributed by atoms with Crippen LogP contribution in [0.25, 0.3) is 11.4 Å².